The van der Waals surface area contributed by atoms with Crippen molar-refractivity contribution in [3.63, 3.8) is 0 Å². The maximum atomic E-state index is 13.6. The molecule has 0 aliphatic heterocycles. The second-order valence-electron chi connectivity index (χ2n) is 14.1. The molecular weight excluding hydrogens is 532 g/mol. The highest BCUT2D eigenvalue weighted by Gasteiger charge is 2.45. The van der Waals surface area contributed by atoms with Crippen molar-refractivity contribution < 1.29 is 23.9 Å². The number of hydrogen-bond donors (Lipinski definition) is 3. The summed E-state index contributed by atoms with van der Waals surface area (Å²) in [5, 5.41) is 8.89. The number of carbonyl (C=O) groups excluding carboxylic acids is 4. The quantitative estimate of drug-likeness (QED) is 0.165. The Morgan fingerprint density at radius 3 is 1.74 bits per heavy atom. The SMILES string of the molecule is CC.CC.CCCCCOC(=O)N(CC1(C)CC(NC=O)CC(C)(C)C1)C(=O)NCC1(C)CC(NC=O)CC(C)(C)C1. The Bertz CT molecular complexity index is 833. The molecule has 2 rings (SSSR count). The van der Waals surface area contributed by atoms with Gasteiger partial charge in [-0.3, -0.25) is 9.59 Å². The minimum Gasteiger partial charge on any atom is -0.449 e. The highest BCUT2D eigenvalue weighted by Crippen LogP contribution is 2.47. The Kier molecular flexibility index (Phi) is 17.4. The molecule has 2 aliphatic carbocycles. The van der Waals surface area contributed by atoms with Crippen LogP contribution in [0.5, 0.6) is 0 Å². The topological polar surface area (TPSA) is 117 Å². The number of rotatable bonds is 12. The summed E-state index contributed by atoms with van der Waals surface area (Å²) in [6.45, 7) is 23.9. The molecular formula is C33H64N4O5. The van der Waals surface area contributed by atoms with Crippen LogP contribution in [0, 0.1) is 21.7 Å². The van der Waals surface area contributed by atoms with Gasteiger partial charge in [0.05, 0.1) is 6.61 Å². The van der Waals surface area contributed by atoms with E-state index in [1.54, 1.807) is 0 Å². The van der Waals surface area contributed by atoms with Gasteiger partial charge in [0.1, 0.15) is 0 Å². The van der Waals surface area contributed by atoms with Crippen LogP contribution in [0.3, 0.4) is 0 Å². The molecule has 9 heteroatoms. The number of hydrogen-bond acceptors (Lipinski definition) is 5. The van der Waals surface area contributed by atoms with Crippen LogP contribution in [0.1, 0.15) is 134 Å². The summed E-state index contributed by atoms with van der Waals surface area (Å²) in [7, 11) is 0. The predicted molar refractivity (Wildman–Crippen MR) is 171 cm³/mol. The van der Waals surface area contributed by atoms with Crippen LogP contribution in [0.4, 0.5) is 9.59 Å². The number of carbonyl (C=O) groups is 4. The largest absolute Gasteiger partial charge is 0.449 e. The maximum absolute atomic E-state index is 13.6. The van der Waals surface area contributed by atoms with E-state index in [0.717, 1.165) is 64.2 Å². The fourth-order valence-electron chi connectivity index (χ4n) is 7.53. The molecule has 2 aliphatic rings. The first-order chi connectivity index (χ1) is 19.7. The minimum absolute atomic E-state index is 0.0120. The molecule has 42 heavy (non-hydrogen) atoms. The van der Waals surface area contributed by atoms with Gasteiger partial charge in [-0.1, -0.05) is 89.0 Å². The van der Waals surface area contributed by atoms with E-state index in [2.05, 4.69) is 64.4 Å². The van der Waals surface area contributed by atoms with Gasteiger partial charge in [-0.25, -0.2) is 14.5 Å². The first kappa shape index (κ1) is 39.7. The summed E-state index contributed by atoms with van der Waals surface area (Å²) in [4.78, 5) is 50.4. The van der Waals surface area contributed by atoms with Gasteiger partial charge in [0.25, 0.3) is 0 Å². The number of amides is 5. The number of nitrogens with zero attached hydrogens (tertiary/aromatic N) is 1. The van der Waals surface area contributed by atoms with Crippen molar-refractivity contribution in [3.05, 3.63) is 0 Å². The lowest BCUT2D eigenvalue weighted by molar-refractivity contribution is -0.111. The Morgan fingerprint density at radius 2 is 1.26 bits per heavy atom. The summed E-state index contributed by atoms with van der Waals surface area (Å²) >= 11 is 0. The van der Waals surface area contributed by atoms with E-state index < -0.39 is 12.1 Å². The zero-order valence-corrected chi connectivity index (χ0v) is 28.8. The van der Waals surface area contributed by atoms with Gasteiger partial charge in [-0.2, -0.15) is 0 Å². The van der Waals surface area contributed by atoms with Crippen molar-refractivity contribution in [2.24, 2.45) is 21.7 Å². The Morgan fingerprint density at radius 1 is 0.786 bits per heavy atom. The van der Waals surface area contributed by atoms with E-state index in [9.17, 15) is 19.2 Å². The molecule has 0 aromatic heterocycles. The minimum atomic E-state index is -0.627. The van der Waals surface area contributed by atoms with Gasteiger partial charge >= 0.3 is 12.1 Å². The van der Waals surface area contributed by atoms with Gasteiger partial charge < -0.3 is 20.7 Å². The zero-order chi connectivity index (χ0) is 32.6. The molecule has 2 saturated carbocycles. The van der Waals surface area contributed by atoms with Gasteiger partial charge in [0.15, 0.2) is 0 Å². The molecule has 4 atom stereocenters. The molecule has 2 fully saturated rings. The summed E-state index contributed by atoms with van der Waals surface area (Å²) in [6, 6.07) is -0.430. The summed E-state index contributed by atoms with van der Waals surface area (Å²) in [5.41, 5.74) is -0.650. The van der Waals surface area contributed by atoms with Crippen molar-refractivity contribution in [2.75, 3.05) is 19.7 Å². The second kappa shape index (κ2) is 18.4. The van der Waals surface area contributed by atoms with E-state index in [0.29, 0.717) is 13.0 Å². The first-order valence-electron chi connectivity index (χ1n) is 16.3. The van der Waals surface area contributed by atoms with Crippen LogP contribution in [-0.4, -0.2) is 61.6 Å². The molecule has 0 bridgehead atoms. The van der Waals surface area contributed by atoms with E-state index in [4.69, 9.17) is 4.74 Å². The van der Waals surface area contributed by atoms with Gasteiger partial charge in [-0.15, -0.1) is 0 Å². The van der Waals surface area contributed by atoms with Crippen LogP contribution in [0.2, 0.25) is 0 Å². The van der Waals surface area contributed by atoms with Gasteiger partial charge in [0, 0.05) is 25.2 Å². The zero-order valence-electron chi connectivity index (χ0n) is 28.8. The summed E-state index contributed by atoms with van der Waals surface area (Å²) in [6.07, 6.45) is 8.44. The predicted octanol–water partition coefficient (Wildman–Crippen LogP) is 7.04. The Balaban J connectivity index is 0.00000402. The lowest BCUT2D eigenvalue weighted by Gasteiger charge is -2.48. The van der Waals surface area contributed by atoms with E-state index in [-0.39, 0.29) is 46.9 Å². The van der Waals surface area contributed by atoms with Crippen molar-refractivity contribution in [2.45, 2.75) is 146 Å². The molecule has 5 amide bonds. The molecule has 4 unspecified atom stereocenters. The number of nitrogens with one attached hydrogen (secondary N) is 3. The van der Waals surface area contributed by atoms with Crippen LogP contribution in [0.15, 0.2) is 0 Å². The number of urea groups is 1. The van der Waals surface area contributed by atoms with Crippen LogP contribution in [0.25, 0.3) is 0 Å². The molecule has 3 N–H and O–H groups in total. The molecule has 0 heterocycles. The third kappa shape index (κ3) is 13.8. The van der Waals surface area contributed by atoms with Crippen molar-refractivity contribution >= 4 is 24.9 Å². The average molecular weight is 597 g/mol. The smallest absolute Gasteiger partial charge is 0.417 e. The maximum Gasteiger partial charge on any atom is 0.417 e. The molecule has 0 radical (unpaired) electrons. The third-order valence-electron chi connectivity index (χ3n) is 8.14. The van der Waals surface area contributed by atoms with Crippen LogP contribution >= 0.6 is 0 Å². The standard InChI is InChI=1S/C29H52N4O5.2C2H6/c1-8-9-10-11-38-25(37)33(19-29(7)15-23(32-21-35)13-27(4,5)17-29)24(36)30-18-28(6)14-22(31-20-34)12-26(2,3)16-28;2*1-2/h20-23H,8-19H2,1-7H3,(H,30,36)(H,31,34)(H,32,35);2*1-2H3. The Labute approximate surface area is 257 Å². The van der Waals surface area contributed by atoms with Gasteiger partial charge in [-0.05, 0) is 66.6 Å². The average Bonchev–Trinajstić information content (AvgIpc) is 2.89. The fraction of sp³-hybridized carbons (Fsp3) is 0.879. The van der Waals surface area contributed by atoms with Crippen molar-refractivity contribution in [3.8, 4) is 0 Å². The van der Waals surface area contributed by atoms with Crippen LogP contribution < -0.4 is 16.0 Å². The van der Waals surface area contributed by atoms with Gasteiger partial charge in [0.2, 0.25) is 12.8 Å². The first-order valence-corrected chi connectivity index (χ1v) is 16.3. The summed E-state index contributed by atoms with van der Waals surface area (Å²) < 4.78 is 5.54. The highest BCUT2D eigenvalue weighted by molar-refractivity contribution is 5.91. The lowest BCUT2D eigenvalue weighted by atomic mass is 9.62. The van der Waals surface area contributed by atoms with Crippen molar-refractivity contribution in [1.82, 2.24) is 20.9 Å². The third-order valence-corrected chi connectivity index (χ3v) is 8.14. The number of ether oxygens (including phenoxy) is 1. The lowest BCUT2D eigenvalue weighted by Crippen LogP contribution is -2.55. The van der Waals surface area contributed by atoms with E-state index in [1.165, 1.54) is 4.90 Å². The normalized spacial score (nSPS) is 27.4. The Hall–Kier alpha value is -2.32. The number of imide groups is 1. The van der Waals surface area contributed by atoms with Crippen molar-refractivity contribution in [1.29, 1.82) is 0 Å². The van der Waals surface area contributed by atoms with Crippen LogP contribution in [-0.2, 0) is 14.3 Å². The molecule has 0 saturated heterocycles. The molecule has 246 valence electrons. The second-order valence-corrected chi connectivity index (χ2v) is 14.1. The summed E-state index contributed by atoms with van der Waals surface area (Å²) in [5.74, 6) is 0. The van der Waals surface area contributed by atoms with E-state index in [1.807, 2.05) is 27.7 Å². The highest BCUT2D eigenvalue weighted by atomic mass is 16.6. The fourth-order valence-corrected chi connectivity index (χ4v) is 7.53. The molecule has 0 aromatic carbocycles. The molecule has 0 spiro atoms. The molecule has 0 aromatic rings. The monoisotopic (exact) mass is 596 g/mol. The van der Waals surface area contributed by atoms with E-state index >= 15 is 0 Å². The molecule has 9 nitrogen and oxygen atoms in total. The number of unbranched alkanes of at least 4 members (excludes halogenated alkanes) is 2.